The van der Waals surface area contributed by atoms with Crippen molar-refractivity contribution in [3.63, 3.8) is 0 Å². The molecule has 11 heteroatoms. The van der Waals surface area contributed by atoms with Crippen LogP contribution in [-0.4, -0.2) is 25.3 Å². The van der Waals surface area contributed by atoms with E-state index in [4.69, 9.17) is 46.4 Å². The van der Waals surface area contributed by atoms with E-state index >= 15 is 0 Å². The van der Waals surface area contributed by atoms with Crippen LogP contribution in [0.25, 0.3) is 0 Å². The summed E-state index contributed by atoms with van der Waals surface area (Å²) in [4.78, 5) is 30.5. The number of rotatable bonds is 4. The molecule has 1 N–H and O–H groups in total. The molecule has 0 aliphatic heterocycles. The highest BCUT2D eigenvalue weighted by Gasteiger charge is 2.34. The minimum atomic E-state index is -4.60. The fourth-order valence-electron chi connectivity index (χ4n) is 2.12. The van der Waals surface area contributed by atoms with Gasteiger partial charge in [-0.2, -0.15) is 13.2 Å². The third-order valence-corrected chi connectivity index (χ3v) is 4.29. The van der Waals surface area contributed by atoms with Gasteiger partial charge >= 0.3 is 6.18 Å². The molecule has 0 fully saturated rings. The molecule has 0 aromatic carbocycles. The second kappa shape index (κ2) is 7.38. The Bertz CT molecular complexity index is 859. The highest BCUT2D eigenvalue weighted by Crippen LogP contribution is 2.34. The summed E-state index contributed by atoms with van der Waals surface area (Å²) in [6, 6.07) is 1.88. The summed E-state index contributed by atoms with van der Waals surface area (Å²) in [5, 5.41) is -0.297. The van der Waals surface area contributed by atoms with Crippen molar-refractivity contribution in [1.29, 1.82) is 0 Å². The van der Waals surface area contributed by atoms with Gasteiger partial charge in [0.25, 0.3) is 3.79 Å². The Balaban J connectivity index is 2.28. The molecule has 1 atom stereocenters. The average molecular weight is 448 g/mol. The van der Waals surface area contributed by atoms with Crippen LogP contribution >= 0.6 is 46.4 Å². The van der Waals surface area contributed by atoms with Crippen molar-refractivity contribution in [1.82, 2.24) is 9.97 Å². The van der Waals surface area contributed by atoms with Gasteiger partial charge in [-0.25, -0.2) is 0 Å². The van der Waals surface area contributed by atoms with Crippen molar-refractivity contribution >= 4 is 58.0 Å². The first kappa shape index (κ1) is 21.0. The Kier molecular flexibility index (Phi) is 5.97. The Morgan fingerprint density at radius 1 is 1.19 bits per heavy atom. The van der Waals surface area contributed by atoms with Crippen LogP contribution in [0.2, 0.25) is 5.02 Å². The normalized spacial score (nSPS) is 13.5. The number of aromatic amines is 1. The zero-order valence-electron chi connectivity index (χ0n) is 12.8. The Morgan fingerprint density at radius 2 is 1.81 bits per heavy atom. The predicted molar refractivity (Wildman–Crippen MR) is 92.4 cm³/mol. The molecule has 26 heavy (non-hydrogen) atoms. The number of ketones is 2. The zero-order chi connectivity index (χ0) is 19.9. The van der Waals surface area contributed by atoms with Crippen molar-refractivity contribution in [2.24, 2.45) is 0 Å². The minimum Gasteiger partial charge on any atom is -0.358 e. The van der Waals surface area contributed by atoms with E-state index in [0.717, 1.165) is 0 Å². The van der Waals surface area contributed by atoms with Gasteiger partial charge in [0.1, 0.15) is 0 Å². The molecule has 2 aromatic rings. The number of nitrogens with zero attached hydrogens (tertiary/aromatic N) is 1. The third-order valence-electron chi connectivity index (χ3n) is 3.47. The topological polar surface area (TPSA) is 62.8 Å². The maximum Gasteiger partial charge on any atom is 0.417 e. The number of Topliss-reactive ketones (excluding diaryl/α,β-unsaturated/α-hetero) is 2. The number of carbonyl (C=O) groups excluding carboxylic acids is 2. The summed E-state index contributed by atoms with van der Waals surface area (Å²) in [5.41, 5.74) is -1.09. The van der Waals surface area contributed by atoms with Crippen LogP contribution in [-0.2, 0) is 6.18 Å². The molecule has 0 bridgehead atoms. The number of halogens is 7. The monoisotopic (exact) mass is 446 g/mol. The summed E-state index contributed by atoms with van der Waals surface area (Å²) in [6.07, 6.45) is -2.78. The van der Waals surface area contributed by atoms with E-state index in [-0.39, 0.29) is 22.0 Å². The summed E-state index contributed by atoms with van der Waals surface area (Å²) >= 11 is 22.3. The molecule has 4 nitrogen and oxygen atoms in total. The van der Waals surface area contributed by atoms with Gasteiger partial charge in [-0.1, -0.05) is 46.4 Å². The zero-order valence-corrected chi connectivity index (χ0v) is 15.8. The van der Waals surface area contributed by atoms with Crippen molar-refractivity contribution < 1.29 is 22.8 Å². The fourth-order valence-corrected chi connectivity index (χ4v) is 2.75. The molecular weight excluding hydrogens is 439 g/mol. The Labute approximate surface area is 165 Å². The lowest BCUT2D eigenvalue weighted by Gasteiger charge is -2.13. The highest BCUT2D eigenvalue weighted by atomic mass is 35.6. The number of pyridine rings is 1. The number of alkyl halides is 6. The molecule has 0 radical (unpaired) electrons. The molecule has 140 valence electrons. The van der Waals surface area contributed by atoms with Gasteiger partial charge in [-0.3, -0.25) is 14.6 Å². The fraction of sp³-hybridized carbons (Fsp3) is 0.267. The molecular formula is C15H9Cl4F3N2O2. The molecule has 2 rings (SSSR count). The number of nitrogens with one attached hydrogen (secondary N) is 1. The van der Waals surface area contributed by atoms with Gasteiger partial charge in [0, 0.05) is 18.0 Å². The first-order valence-corrected chi connectivity index (χ1v) is 8.40. The van der Waals surface area contributed by atoms with Crippen LogP contribution in [0.15, 0.2) is 24.5 Å². The van der Waals surface area contributed by atoms with Gasteiger partial charge in [0.2, 0.25) is 5.78 Å². The summed E-state index contributed by atoms with van der Waals surface area (Å²) < 4.78 is 35.8. The third kappa shape index (κ3) is 4.52. The van der Waals surface area contributed by atoms with E-state index in [1.807, 2.05) is 0 Å². The summed E-state index contributed by atoms with van der Waals surface area (Å²) in [6.45, 7) is 1.42. The van der Waals surface area contributed by atoms with Gasteiger partial charge in [0.15, 0.2) is 5.78 Å². The first-order chi connectivity index (χ1) is 11.8. The SMILES string of the molecule is C[C@H](C(=O)c1c[nH]c(C(=O)C(Cl)(Cl)Cl)c1)c1ncc(C(F)(F)F)cc1Cl. The Hall–Kier alpha value is -1.28. The van der Waals surface area contributed by atoms with Crippen molar-refractivity contribution in [3.05, 3.63) is 52.1 Å². The van der Waals surface area contributed by atoms with Crippen LogP contribution < -0.4 is 0 Å². The van der Waals surface area contributed by atoms with Crippen molar-refractivity contribution in [2.45, 2.75) is 22.8 Å². The lowest BCUT2D eigenvalue weighted by molar-refractivity contribution is -0.137. The highest BCUT2D eigenvalue weighted by molar-refractivity contribution is 6.77. The van der Waals surface area contributed by atoms with E-state index in [9.17, 15) is 22.8 Å². The van der Waals surface area contributed by atoms with Gasteiger partial charge < -0.3 is 4.98 Å². The number of H-pyrrole nitrogens is 1. The van der Waals surface area contributed by atoms with E-state index in [0.29, 0.717) is 12.3 Å². The lowest BCUT2D eigenvalue weighted by Crippen LogP contribution is -2.19. The smallest absolute Gasteiger partial charge is 0.358 e. The molecule has 0 aliphatic carbocycles. The first-order valence-electron chi connectivity index (χ1n) is 6.89. The molecule has 0 amide bonds. The molecule has 0 saturated heterocycles. The minimum absolute atomic E-state index is 0.0277. The number of hydrogen-bond acceptors (Lipinski definition) is 3. The molecule has 2 heterocycles. The molecule has 0 unspecified atom stereocenters. The van der Waals surface area contributed by atoms with Crippen LogP contribution in [0.1, 0.15) is 44.9 Å². The summed E-state index contributed by atoms with van der Waals surface area (Å²) in [7, 11) is 0. The van der Waals surface area contributed by atoms with Gasteiger partial charge in [-0.05, 0) is 19.1 Å². The molecule has 2 aromatic heterocycles. The standard InChI is InChI=1S/C15H9Cl4F3N2O2/c1-6(11-9(16)3-8(5-24-11)15(20,21)22)12(25)7-2-10(23-4-7)13(26)14(17,18)19/h2-6,23H,1H3/t6-/m0/s1. The average Bonchev–Trinajstić information content (AvgIpc) is 3.00. The van der Waals surface area contributed by atoms with Crippen LogP contribution in [0, 0.1) is 0 Å². The summed E-state index contributed by atoms with van der Waals surface area (Å²) in [5.74, 6) is -2.35. The quantitative estimate of drug-likeness (QED) is 0.488. The lowest BCUT2D eigenvalue weighted by atomic mass is 9.97. The predicted octanol–water partition coefficient (Wildman–Crippen LogP) is 5.62. The number of carbonyl (C=O) groups is 2. The second-order valence-corrected chi connectivity index (χ2v) is 7.99. The molecule has 0 saturated carbocycles. The van der Waals surface area contributed by atoms with Crippen molar-refractivity contribution in [2.75, 3.05) is 0 Å². The largest absolute Gasteiger partial charge is 0.417 e. The Morgan fingerprint density at radius 3 is 2.31 bits per heavy atom. The molecule has 0 spiro atoms. The second-order valence-electron chi connectivity index (χ2n) is 5.30. The maximum atomic E-state index is 12.7. The van der Waals surface area contributed by atoms with E-state index in [2.05, 4.69) is 9.97 Å². The van der Waals surface area contributed by atoms with Crippen molar-refractivity contribution in [3.8, 4) is 0 Å². The van der Waals surface area contributed by atoms with Crippen LogP contribution in [0.4, 0.5) is 13.2 Å². The van der Waals surface area contributed by atoms with Crippen LogP contribution in [0.3, 0.4) is 0 Å². The van der Waals surface area contributed by atoms with Gasteiger partial charge in [-0.15, -0.1) is 0 Å². The molecule has 0 aliphatic rings. The number of hydrogen-bond donors (Lipinski definition) is 1. The van der Waals surface area contributed by atoms with Crippen LogP contribution in [0.5, 0.6) is 0 Å². The van der Waals surface area contributed by atoms with E-state index in [1.165, 1.54) is 19.2 Å². The maximum absolute atomic E-state index is 12.7. The van der Waals surface area contributed by atoms with E-state index < -0.39 is 33.0 Å². The number of aromatic nitrogens is 2. The van der Waals surface area contributed by atoms with Gasteiger partial charge in [0.05, 0.1) is 27.9 Å². The van der Waals surface area contributed by atoms with E-state index in [1.54, 1.807) is 0 Å².